The number of amides is 2. The van der Waals surface area contributed by atoms with Gasteiger partial charge in [0.1, 0.15) is 18.1 Å². The molecule has 0 fully saturated rings. The Morgan fingerprint density at radius 3 is 2.86 bits per heavy atom. The minimum Gasteiger partial charge on any atom is -0.492 e. The standard InChI is InChI=1S/C22H20N2O5/c1-15-4-2-5-17(12-15)27-11-9-24-18-13-16(7-8-19(18)29-14-21(24)25)23-22(26)20-6-3-10-28-20/h2-8,10,12-13H,9,11,14H2,1H3,(H,23,26). The van der Waals surface area contributed by atoms with Crippen LogP contribution in [0.15, 0.2) is 65.3 Å². The first kappa shape index (κ1) is 18.6. The minimum atomic E-state index is -0.368. The molecule has 7 nitrogen and oxygen atoms in total. The number of nitrogens with one attached hydrogen (secondary N) is 1. The van der Waals surface area contributed by atoms with Gasteiger partial charge in [0.05, 0.1) is 18.5 Å². The van der Waals surface area contributed by atoms with Gasteiger partial charge in [-0.3, -0.25) is 9.59 Å². The van der Waals surface area contributed by atoms with Crippen LogP contribution < -0.4 is 19.7 Å². The van der Waals surface area contributed by atoms with E-state index in [-0.39, 0.29) is 24.2 Å². The Labute approximate surface area is 167 Å². The number of aryl methyl sites for hydroxylation is 1. The van der Waals surface area contributed by atoms with E-state index in [2.05, 4.69) is 5.32 Å². The number of hydrogen-bond acceptors (Lipinski definition) is 5. The van der Waals surface area contributed by atoms with Crippen LogP contribution >= 0.6 is 0 Å². The van der Waals surface area contributed by atoms with Gasteiger partial charge in [-0.05, 0) is 55.0 Å². The van der Waals surface area contributed by atoms with Crippen LogP contribution in [0.2, 0.25) is 0 Å². The lowest BCUT2D eigenvalue weighted by Gasteiger charge is -2.29. The fourth-order valence-corrected chi connectivity index (χ4v) is 3.09. The maximum atomic E-state index is 12.4. The minimum absolute atomic E-state index is 0.0322. The molecule has 4 rings (SSSR count). The summed E-state index contributed by atoms with van der Waals surface area (Å²) in [7, 11) is 0. The largest absolute Gasteiger partial charge is 0.492 e. The van der Waals surface area contributed by atoms with Gasteiger partial charge in [-0.15, -0.1) is 0 Å². The average molecular weight is 392 g/mol. The molecule has 2 aromatic carbocycles. The molecular weight excluding hydrogens is 372 g/mol. The molecule has 1 aromatic heterocycles. The molecular formula is C22H20N2O5. The quantitative estimate of drug-likeness (QED) is 0.693. The molecule has 148 valence electrons. The highest BCUT2D eigenvalue weighted by atomic mass is 16.5. The number of benzene rings is 2. The van der Waals surface area contributed by atoms with E-state index in [1.54, 1.807) is 35.2 Å². The molecule has 1 aliphatic heterocycles. The predicted octanol–water partition coefficient (Wildman–Crippen LogP) is 3.64. The molecule has 0 saturated heterocycles. The summed E-state index contributed by atoms with van der Waals surface area (Å²) in [4.78, 5) is 26.2. The maximum absolute atomic E-state index is 12.4. The summed E-state index contributed by atoms with van der Waals surface area (Å²) in [5.41, 5.74) is 2.23. The highest BCUT2D eigenvalue weighted by Gasteiger charge is 2.26. The van der Waals surface area contributed by atoms with Gasteiger partial charge in [0, 0.05) is 5.69 Å². The van der Waals surface area contributed by atoms with E-state index in [0.29, 0.717) is 30.3 Å². The molecule has 0 radical (unpaired) electrons. The normalized spacial score (nSPS) is 12.9. The first-order valence-corrected chi connectivity index (χ1v) is 9.22. The predicted molar refractivity (Wildman–Crippen MR) is 108 cm³/mol. The number of carbonyl (C=O) groups is 2. The first-order chi connectivity index (χ1) is 14.1. The number of furan rings is 1. The zero-order valence-electron chi connectivity index (χ0n) is 15.9. The van der Waals surface area contributed by atoms with E-state index in [4.69, 9.17) is 13.9 Å². The van der Waals surface area contributed by atoms with Gasteiger partial charge in [0.2, 0.25) is 0 Å². The van der Waals surface area contributed by atoms with Crippen molar-refractivity contribution in [2.75, 3.05) is 30.0 Å². The van der Waals surface area contributed by atoms with Crippen molar-refractivity contribution in [1.82, 2.24) is 0 Å². The Bertz CT molecular complexity index is 1030. The summed E-state index contributed by atoms with van der Waals surface area (Å²) in [5.74, 6) is 1.01. The number of ether oxygens (including phenoxy) is 2. The van der Waals surface area contributed by atoms with Gasteiger partial charge in [-0.2, -0.15) is 0 Å². The summed E-state index contributed by atoms with van der Waals surface area (Å²) >= 11 is 0. The van der Waals surface area contributed by atoms with Gasteiger partial charge in [-0.25, -0.2) is 0 Å². The van der Waals surface area contributed by atoms with E-state index >= 15 is 0 Å². The molecule has 1 aliphatic rings. The summed E-state index contributed by atoms with van der Waals surface area (Å²) in [5, 5.41) is 2.76. The molecule has 3 aromatic rings. The number of anilines is 2. The Morgan fingerprint density at radius 1 is 1.17 bits per heavy atom. The molecule has 0 bridgehead atoms. The van der Waals surface area contributed by atoms with Crippen LogP contribution in [0, 0.1) is 6.92 Å². The topological polar surface area (TPSA) is 81.0 Å². The lowest BCUT2D eigenvalue weighted by molar-refractivity contribution is -0.121. The summed E-state index contributed by atoms with van der Waals surface area (Å²) < 4.78 is 16.4. The van der Waals surface area contributed by atoms with Crippen LogP contribution in [0.3, 0.4) is 0 Å². The zero-order valence-corrected chi connectivity index (χ0v) is 15.9. The van der Waals surface area contributed by atoms with E-state index in [0.717, 1.165) is 11.3 Å². The molecule has 0 saturated carbocycles. The molecule has 2 heterocycles. The lowest BCUT2D eigenvalue weighted by Crippen LogP contribution is -2.41. The van der Waals surface area contributed by atoms with Crippen LogP contribution in [-0.2, 0) is 4.79 Å². The molecule has 1 N–H and O–H groups in total. The zero-order chi connectivity index (χ0) is 20.2. The van der Waals surface area contributed by atoms with Crippen molar-refractivity contribution in [1.29, 1.82) is 0 Å². The van der Waals surface area contributed by atoms with Gasteiger partial charge >= 0.3 is 0 Å². The van der Waals surface area contributed by atoms with Crippen molar-refractivity contribution >= 4 is 23.2 Å². The van der Waals surface area contributed by atoms with Crippen LogP contribution in [-0.4, -0.2) is 31.6 Å². The number of fused-ring (bicyclic) bond motifs is 1. The van der Waals surface area contributed by atoms with Crippen molar-refractivity contribution in [3.63, 3.8) is 0 Å². The van der Waals surface area contributed by atoms with Crippen molar-refractivity contribution in [2.45, 2.75) is 6.92 Å². The Hall–Kier alpha value is -3.74. The number of nitrogens with zero attached hydrogens (tertiary/aromatic N) is 1. The third kappa shape index (κ3) is 4.24. The second-order valence-corrected chi connectivity index (χ2v) is 6.61. The second-order valence-electron chi connectivity index (χ2n) is 6.61. The van der Waals surface area contributed by atoms with Gasteiger partial charge < -0.3 is 24.1 Å². The Balaban J connectivity index is 1.47. The third-order valence-electron chi connectivity index (χ3n) is 4.48. The molecule has 7 heteroatoms. The fourth-order valence-electron chi connectivity index (χ4n) is 3.09. The fraction of sp³-hybridized carbons (Fsp3) is 0.182. The van der Waals surface area contributed by atoms with E-state index in [1.165, 1.54) is 6.26 Å². The number of hydrogen-bond donors (Lipinski definition) is 1. The van der Waals surface area contributed by atoms with E-state index < -0.39 is 0 Å². The third-order valence-corrected chi connectivity index (χ3v) is 4.48. The summed E-state index contributed by atoms with van der Waals surface area (Å²) in [6, 6.07) is 16.1. The maximum Gasteiger partial charge on any atom is 0.291 e. The Morgan fingerprint density at radius 2 is 2.07 bits per heavy atom. The highest BCUT2D eigenvalue weighted by molar-refractivity contribution is 6.03. The smallest absolute Gasteiger partial charge is 0.291 e. The van der Waals surface area contributed by atoms with Crippen molar-refractivity contribution < 1.29 is 23.5 Å². The molecule has 29 heavy (non-hydrogen) atoms. The van der Waals surface area contributed by atoms with Gasteiger partial charge in [0.25, 0.3) is 11.8 Å². The van der Waals surface area contributed by atoms with Crippen molar-refractivity contribution in [3.05, 3.63) is 72.2 Å². The number of rotatable bonds is 6. The molecule has 2 amide bonds. The molecule has 0 aliphatic carbocycles. The average Bonchev–Trinajstić information content (AvgIpc) is 3.25. The molecule has 0 atom stereocenters. The lowest BCUT2D eigenvalue weighted by atomic mass is 10.2. The number of carbonyl (C=O) groups excluding carboxylic acids is 2. The second kappa shape index (κ2) is 8.10. The summed E-state index contributed by atoms with van der Waals surface area (Å²) in [6.07, 6.45) is 1.43. The van der Waals surface area contributed by atoms with Crippen LogP contribution in [0.5, 0.6) is 11.5 Å². The Kier molecular flexibility index (Phi) is 5.20. The van der Waals surface area contributed by atoms with Gasteiger partial charge in [0.15, 0.2) is 12.4 Å². The van der Waals surface area contributed by atoms with Crippen molar-refractivity contribution in [3.8, 4) is 11.5 Å². The van der Waals surface area contributed by atoms with E-state index in [1.807, 2.05) is 31.2 Å². The SMILES string of the molecule is Cc1cccc(OCCN2C(=O)COc3ccc(NC(=O)c4ccco4)cc32)c1. The van der Waals surface area contributed by atoms with E-state index in [9.17, 15) is 9.59 Å². The van der Waals surface area contributed by atoms with Crippen LogP contribution in [0.1, 0.15) is 16.1 Å². The van der Waals surface area contributed by atoms with Crippen LogP contribution in [0.25, 0.3) is 0 Å². The van der Waals surface area contributed by atoms with Crippen LogP contribution in [0.4, 0.5) is 11.4 Å². The highest BCUT2D eigenvalue weighted by Crippen LogP contribution is 2.34. The first-order valence-electron chi connectivity index (χ1n) is 9.22. The van der Waals surface area contributed by atoms with Gasteiger partial charge in [-0.1, -0.05) is 12.1 Å². The monoisotopic (exact) mass is 392 g/mol. The summed E-state index contributed by atoms with van der Waals surface area (Å²) in [6.45, 7) is 2.65. The molecule has 0 unspecified atom stereocenters. The molecule has 0 spiro atoms. The van der Waals surface area contributed by atoms with Crippen molar-refractivity contribution in [2.24, 2.45) is 0 Å².